The predicted octanol–water partition coefficient (Wildman–Crippen LogP) is 1.93. The van der Waals surface area contributed by atoms with Crippen LogP contribution in [0.1, 0.15) is 45.1 Å². The highest BCUT2D eigenvalue weighted by Crippen LogP contribution is 2.04. The van der Waals surface area contributed by atoms with Gasteiger partial charge in [-0.3, -0.25) is 29.1 Å². The monoisotopic (exact) mass is 548 g/mol. The second-order valence-corrected chi connectivity index (χ2v) is 9.87. The van der Waals surface area contributed by atoms with E-state index in [1.54, 1.807) is 0 Å². The average Bonchev–Trinajstić information content (AvgIpc) is 2.92. The Balaban J connectivity index is 1.98. The number of unbranched alkanes of at least 4 members (excludes halogenated alkanes) is 2. The lowest BCUT2D eigenvalue weighted by atomic mass is 10.2. The van der Waals surface area contributed by atoms with Crippen LogP contribution in [0.15, 0.2) is 30.3 Å². The molecule has 1 heterocycles. The van der Waals surface area contributed by atoms with Crippen molar-refractivity contribution in [2.45, 2.75) is 46.1 Å². The van der Waals surface area contributed by atoms with Gasteiger partial charge in [0.1, 0.15) is 6.61 Å². The number of nitrogens with one attached hydrogen (secondary N) is 1. The topological polar surface area (TPSA) is 101 Å². The minimum Gasteiger partial charge on any atom is -0.465 e. The molecule has 0 spiro atoms. The van der Waals surface area contributed by atoms with Gasteiger partial charge in [0, 0.05) is 52.4 Å². The molecule has 0 bridgehead atoms. The van der Waals surface area contributed by atoms with E-state index in [-0.39, 0.29) is 44.1 Å². The molecule has 0 saturated carbocycles. The van der Waals surface area contributed by atoms with Crippen LogP contribution in [0.3, 0.4) is 0 Å². The molecular weight excluding hydrogens is 500 g/mol. The predicted molar refractivity (Wildman–Crippen MR) is 150 cm³/mol. The first-order valence-electron chi connectivity index (χ1n) is 14.4. The second-order valence-electron chi connectivity index (χ2n) is 9.87. The summed E-state index contributed by atoms with van der Waals surface area (Å²) in [6, 6.07) is 9.60. The van der Waals surface area contributed by atoms with Crippen molar-refractivity contribution in [2.75, 3.05) is 85.2 Å². The maximum atomic E-state index is 12.7. The number of hydrogen-bond donors (Lipinski definition) is 1. The summed E-state index contributed by atoms with van der Waals surface area (Å²) >= 11 is 0. The molecule has 0 aliphatic carbocycles. The van der Waals surface area contributed by atoms with Crippen LogP contribution in [0.2, 0.25) is 0 Å². The number of esters is 3. The van der Waals surface area contributed by atoms with E-state index in [0.29, 0.717) is 65.6 Å². The molecule has 0 unspecified atom stereocenters. The number of rotatable bonds is 14. The Morgan fingerprint density at radius 2 is 1.10 bits per heavy atom. The molecule has 1 saturated heterocycles. The van der Waals surface area contributed by atoms with Gasteiger partial charge < -0.3 is 19.5 Å². The summed E-state index contributed by atoms with van der Waals surface area (Å²) in [7, 11) is 0. The summed E-state index contributed by atoms with van der Waals surface area (Å²) in [5.74, 6) is -0.752. The summed E-state index contributed by atoms with van der Waals surface area (Å²) < 4.78 is 16.3. The lowest BCUT2D eigenvalue weighted by Gasteiger charge is -2.30. The van der Waals surface area contributed by atoms with E-state index in [1.807, 2.05) is 35.2 Å². The Morgan fingerprint density at radius 1 is 0.667 bits per heavy atom. The zero-order valence-electron chi connectivity index (χ0n) is 23.9. The van der Waals surface area contributed by atoms with Crippen molar-refractivity contribution in [1.82, 2.24) is 20.0 Å². The highest BCUT2D eigenvalue weighted by Gasteiger charge is 2.20. The number of carbonyl (C=O) groups is 3. The third-order valence-electron chi connectivity index (χ3n) is 6.50. The number of carbonyl (C=O) groups excluding carboxylic acids is 3. The Bertz CT molecular complexity index is 787. The van der Waals surface area contributed by atoms with Gasteiger partial charge in [-0.1, -0.05) is 57.0 Å². The van der Waals surface area contributed by atoms with Gasteiger partial charge in [0.2, 0.25) is 0 Å². The Hall–Kier alpha value is -2.53. The zero-order chi connectivity index (χ0) is 28.1. The molecule has 39 heavy (non-hydrogen) atoms. The largest absolute Gasteiger partial charge is 0.465 e. The molecule has 0 aromatic heterocycles. The molecule has 1 aliphatic rings. The normalized spacial score (nSPS) is 16.6. The number of ether oxygens (including phenoxy) is 3. The van der Waals surface area contributed by atoms with Gasteiger partial charge in [0.15, 0.2) is 0 Å². The van der Waals surface area contributed by atoms with E-state index in [1.165, 1.54) is 0 Å². The van der Waals surface area contributed by atoms with E-state index < -0.39 is 0 Å². The maximum absolute atomic E-state index is 12.7. The van der Waals surface area contributed by atoms with Crippen LogP contribution in [0.5, 0.6) is 0 Å². The zero-order valence-corrected chi connectivity index (χ0v) is 23.9. The number of nitrogens with zero attached hydrogens (tertiary/aromatic N) is 3. The fraction of sp³-hybridized carbons (Fsp3) is 0.690. The van der Waals surface area contributed by atoms with Gasteiger partial charge in [-0.2, -0.15) is 0 Å². The first kappa shape index (κ1) is 32.7. The fourth-order valence-corrected chi connectivity index (χ4v) is 4.06. The molecule has 0 radical (unpaired) electrons. The number of benzene rings is 1. The molecule has 1 aromatic rings. The minimum absolute atomic E-state index is 0.134. The summed E-state index contributed by atoms with van der Waals surface area (Å²) in [5.41, 5.74) is 0.938. The molecule has 1 aliphatic heterocycles. The standard InChI is InChI=1S/C29H48N4O6/c1-3-5-20-37-27(34)22-31-14-12-30-13-15-32(23-28(35)38-21-6-4-2)17-19-33(18-16-31)24-29(36)39-25-26-10-8-7-9-11-26/h7-11,30H,3-6,12-25H2,1-2H3. The van der Waals surface area contributed by atoms with Gasteiger partial charge in [-0.05, 0) is 18.4 Å². The van der Waals surface area contributed by atoms with Crippen molar-refractivity contribution in [1.29, 1.82) is 0 Å². The smallest absolute Gasteiger partial charge is 0.320 e. The SMILES string of the molecule is CCCCOC(=O)CN1CCNCCN(CC(=O)OCCCC)CCN(CC(=O)OCc2ccccc2)CC1. The van der Waals surface area contributed by atoms with Crippen LogP contribution < -0.4 is 5.32 Å². The lowest BCUT2D eigenvalue weighted by molar-refractivity contribution is -0.148. The van der Waals surface area contributed by atoms with Crippen molar-refractivity contribution in [2.24, 2.45) is 0 Å². The maximum Gasteiger partial charge on any atom is 0.320 e. The Labute approximate surface area is 233 Å². The van der Waals surface area contributed by atoms with Crippen LogP contribution in [-0.4, -0.2) is 118 Å². The molecule has 10 heteroatoms. The summed E-state index contributed by atoms with van der Waals surface area (Å²) in [5, 5.41) is 3.41. The van der Waals surface area contributed by atoms with E-state index in [4.69, 9.17) is 14.2 Å². The number of hydrogen-bond acceptors (Lipinski definition) is 10. The summed E-state index contributed by atoms with van der Waals surface area (Å²) in [4.78, 5) is 43.6. The molecular formula is C29H48N4O6. The van der Waals surface area contributed by atoms with Gasteiger partial charge in [0.25, 0.3) is 0 Å². The van der Waals surface area contributed by atoms with Gasteiger partial charge in [-0.15, -0.1) is 0 Å². The van der Waals surface area contributed by atoms with Crippen molar-refractivity contribution < 1.29 is 28.6 Å². The fourth-order valence-electron chi connectivity index (χ4n) is 4.06. The van der Waals surface area contributed by atoms with Crippen LogP contribution in [0, 0.1) is 0 Å². The van der Waals surface area contributed by atoms with Crippen molar-refractivity contribution in [3.05, 3.63) is 35.9 Å². The Kier molecular flexibility index (Phi) is 17.1. The summed E-state index contributed by atoms with van der Waals surface area (Å²) in [6.45, 7) is 10.9. The third-order valence-corrected chi connectivity index (χ3v) is 6.50. The van der Waals surface area contributed by atoms with Crippen LogP contribution >= 0.6 is 0 Å². The van der Waals surface area contributed by atoms with Gasteiger partial charge >= 0.3 is 17.9 Å². The van der Waals surface area contributed by atoms with Crippen LogP contribution in [0.25, 0.3) is 0 Å². The average molecular weight is 549 g/mol. The molecule has 0 atom stereocenters. The van der Waals surface area contributed by atoms with Crippen molar-refractivity contribution in [3.63, 3.8) is 0 Å². The third kappa shape index (κ3) is 15.6. The van der Waals surface area contributed by atoms with Crippen LogP contribution in [0.4, 0.5) is 0 Å². The van der Waals surface area contributed by atoms with E-state index in [2.05, 4.69) is 29.0 Å². The van der Waals surface area contributed by atoms with E-state index >= 15 is 0 Å². The molecule has 10 nitrogen and oxygen atoms in total. The summed E-state index contributed by atoms with van der Waals surface area (Å²) in [6.07, 6.45) is 3.66. The molecule has 220 valence electrons. The molecule has 1 aromatic carbocycles. The first-order valence-corrected chi connectivity index (χ1v) is 14.4. The van der Waals surface area contributed by atoms with Crippen LogP contribution in [-0.2, 0) is 35.2 Å². The van der Waals surface area contributed by atoms with Crippen molar-refractivity contribution >= 4 is 17.9 Å². The highest BCUT2D eigenvalue weighted by atomic mass is 16.5. The van der Waals surface area contributed by atoms with Crippen molar-refractivity contribution in [3.8, 4) is 0 Å². The van der Waals surface area contributed by atoms with Gasteiger partial charge in [-0.25, -0.2) is 0 Å². The highest BCUT2D eigenvalue weighted by molar-refractivity contribution is 5.72. The lowest BCUT2D eigenvalue weighted by Crippen LogP contribution is -2.48. The minimum atomic E-state index is -0.302. The molecule has 1 N–H and O–H groups in total. The quantitative estimate of drug-likeness (QED) is 0.211. The Morgan fingerprint density at radius 3 is 1.56 bits per heavy atom. The first-order chi connectivity index (χ1) is 19.0. The second kappa shape index (κ2) is 20.4. The molecule has 2 rings (SSSR count). The van der Waals surface area contributed by atoms with E-state index in [9.17, 15) is 14.4 Å². The van der Waals surface area contributed by atoms with Gasteiger partial charge in [0.05, 0.1) is 32.8 Å². The molecule has 0 amide bonds. The van der Waals surface area contributed by atoms with E-state index in [0.717, 1.165) is 31.2 Å². The molecule has 1 fully saturated rings.